The zero-order valence-corrected chi connectivity index (χ0v) is 16.3. The van der Waals surface area contributed by atoms with Crippen LogP contribution in [0, 0.1) is 6.92 Å². The molecular formula is C22H26N2O4. The van der Waals surface area contributed by atoms with Gasteiger partial charge in [0, 0.05) is 18.5 Å². The molecule has 6 nitrogen and oxygen atoms in total. The van der Waals surface area contributed by atoms with Crippen LogP contribution in [0.15, 0.2) is 48.5 Å². The molecule has 3 rings (SSSR count). The maximum absolute atomic E-state index is 13.0. The van der Waals surface area contributed by atoms with Crippen LogP contribution >= 0.6 is 0 Å². The Morgan fingerprint density at radius 1 is 1.11 bits per heavy atom. The maximum Gasteiger partial charge on any atom is 0.253 e. The third kappa shape index (κ3) is 4.77. The van der Waals surface area contributed by atoms with Gasteiger partial charge in [0.15, 0.2) is 0 Å². The molecule has 6 heteroatoms. The molecule has 0 aliphatic carbocycles. The number of benzene rings is 2. The summed E-state index contributed by atoms with van der Waals surface area (Å²) in [5.74, 6) is -0.420. The predicted octanol–water partition coefficient (Wildman–Crippen LogP) is 2.94. The van der Waals surface area contributed by atoms with Crippen molar-refractivity contribution >= 4 is 23.2 Å². The highest BCUT2D eigenvalue weighted by atomic mass is 16.5. The van der Waals surface area contributed by atoms with Crippen LogP contribution in [0.1, 0.15) is 17.5 Å². The first kappa shape index (κ1) is 20.0. The van der Waals surface area contributed by atoms with Gasteiger partial charge in [-0.1, -0.05) is 35.9 Å². The van der Waals surface area contributed by atoms with Crippen molar-refractivity contribution in [1.29, 1.82) is 0 Å². The molecule has 0 spiro atoms. The monoisotopic (exact) mass is 382 g/mol. The minimum absolute atomic E-state index is 0.0913. The van der Waals surface area contributed by atoms with Gasteiger partial charge in [0.2, 0.25) is 5.91 Å². The van der Waals surface area contributed by atoms with E-state index in [9.17, 15) is 9.59 Å². The number of carbonyl (C=O) groups is 2. The van der Waals surface area contributed by atoms with Crippen LogP contribution in [0.5, 0.6) is 0 Å². The van der Waals surface area contributed by atoms with Gasteiger partial charge in [0.05, 0.1) is 13.2 Å². The second-order valence-corrected chi connectivity index (χ2v) is 6.85. The van der Waals surface area contributed by atoms with Crippen molar-refractivity contribution < 1.29 is 19.1 Å². The van der Waals surface area contributed by atoms with Gasteiger partial charge in [0.25, 0.3) is 5.91 Å². The van der Waals surface area contributed by atoms with Crippen molar-refractivity contribution in [2.24, 2.45) is 0 Å². The summed E-state index contributed by atoms with van der Waals surface area (Å²) in [6.45, 7) is 2.65. The number of rotatable bonds is 7. The van der Waals surface area contributed by atoms with Gasteiger partial charge in [0.1, 0.15) is 12.6 Å². The molecule has 1 atom stereocenters. The Balaban J connectivity index is 1.78. The standard InChI is InChI=1S/C22H26N2O4/c1-16-7-10-18(11-8-16)23-22(26)20-12-9-17-5-3-4-6-19(17)24(20)21(25)15-28-14-13-27-2/h3-8,10-11,20H,9,12-15H2,1-2H3,(H,23,26). The fourth-order valence-corrected chi connectivity index (χ4v) is 3.34. The minimum Gasteiger partial charge on any atom is -0.382 e. The zero-order valence-electron chi connectivity index (χ0n) is 16.3. The molecule has 0 saturated heterocycles. The summed E-state index contributed by atoms with van der Waals surface area (Å²) in [6, 6.07) is 14.7. The van der Waals surface area contributed by atoms with Crippen molar-refractivity contribution in [3.63, 3.8) is 0 Å². The van der Waals surface area contributed by atoms with E-state index >= 15 is 0 Å². The number of para-hydroxylation sites is 1. The number of methoxy groups -OCH3 is 1. The Labute approximate surface area is 165 Å². The number of hydrogen-bond acceptors (Lipinski definition) is 4. The van der Waals surface area contributed by atoms with E-state index in [2.05, 4.69) is 5.32 Å². The number of ether oxygens (including phenoxy) is 2. The lowest BCUT2D eigenvalue weighted by molar-refractivity contribution is -0.127. The topological polar surface area (TPSA) is 67.9 Å². The summed E-state index contributed by atoms with van der Waals surface area (Å²) in [5.41, 5.74) is 3.68. The van der Waals surface area contributed by atoms with E-state index in [1.807, 2.05) is 55.5 Å². The molecule has 1 aliphatic rings. The van der Waals surface area contributed by atoms with E-state index in [0.717, 1.165) is 28.9 Å². The number of nitrogens with one attached hydrogen (secondary N) is 1. The van der Waals surface area contributed by atoms with Crippen molar-refractivity contribution in [1.82, 2.24) is 0 Å². The molecule has 2 aromatic carbocycles. The molecule has 0 aromatic heterocycles. The van der Waals surface area contributed by atoms with Crippen LogP contribution in [0.4, 0.5) is 11.4 Å². The van der Waals surface area contributed by atoms with Crippen LogP contribution in [0.3, 0.4) is 0 Å². The average Bonchev–Trinajstić information content (AvgIpc) is 2.71. The Kier molecular flexibility index (Phi) is 6.79. The Bertz CT molecular complexity index is 820. The normalized spacial score (nSPS) is 15.8. The van der Waals surface area contributed by atoms with Gasteiger partial charge in [-0.05, 0) is 43.5 Å². The molecule has 28 heavy (non-hydrogen) atoms. The molecule has 0 radical (unpaired) electrons. The molecule has 1 unspecified atom stereocenters. The summed E-state index contributed by atoms with van der Waals surface area (Å²) in [4.78, 5) is 27.5. The van der Waals surface area contributed by atoms with Gasteiger partial charge in [-0.2, -0.15) is 0 Å². The quantitative estimate of drug-likeness (QED) is 0.748. The molecule has 148 valence electrons. The molecule has 0 fully saturated rings. The first-order valence-corrected chi connectivity index (χ1v) is 9.44. The largest absolute Gasteiger partial charge is 0.382 e. The van der Waals surface area contributed by atoms with Crippen LogP contribution in [-0.2, 0) is 25.5 Å². The van der Waals surface area contributed by atoms with Gasteiger partial charge in [-0.15, -0.1) is 0 Å². The Morgan fingerprint density at radius 3 is 2.61 bits per heavy atom. The van der Waals surface area contributed by atoms with Gasteiger partial charge in [-0.25, -0.2) is 0 Å². The number of anilines is 2. The molecular weight excluding hydrogens is 356 g/mol. The third-order valence-electron chi connectivity index (χ3n) is 4.80. The fourth-order valence-electron chi connectivity index (χ4n) is 3.34. The number of nitrogens with zero attached hydrogens (tertiary/aromatic N) is 1. The molecule has 0 bridgehead atoms. The van der Waals surface area contributed by atoms with E-state index in [0.29, 0.717) is 19.6 Å². The van der Waals surface area contributed by atoms with Gasteiger partial charge < -0.3 is 14.8 Å². The summed E-state index contributed by atoms with van der Waals surface area (Å²) < 4.78 is 10.4. The molecule has 2 amide bonds. The Morgan fingerprint density at radius 2 is 1.86 bits per heavy atom. The Hall–Kier alpha value is -2.70. The van der Waals surface area contributed by atoms with Crippen LogP contribution in [0.2, 0.25) is 0 Å². The molecule has 1 heterocycles. The van der Waals surface area contributed by atoms with Gasteiger partial charge >= 0.3 is 0 Å². The first-order valence-electron chi connectivity index (χ1n) is 9.44. The van der Waals surface area contributed by atoms with E-state index in [1.165, 1.54) is 0 Å². The number of amides is 2. The molecule has 1 N–H and O–H groups in total. The van der Waals surface area contributed by atoms with E-state index in [-0.39, 0.29) is 18.4 Å². The van der Waals surface area contributed by atoms with Crippen LogP contribution < -0.4 is 10.2 Å². The maximum atomic E-state index is 13.0. The number of carbonyl (C=O) groups excluding carboxylic acids is 2. The summed E-state index contributed by atoms with van der Waals surface area (Å²) in [7, 11) is 1.58. The lowest BCUT2D eigenvalue weighted by atomic mass is 9.95. The highest BCUT2D eigenvalue weighted by Gasteiger charge is 2.35. The van der Waals surface area contributed by atoms with Crippen LogP contribution in [0.25, 0.3) is 0 Å². The predicted molar refractivity (Wildman–Crippen MR) is 109 cm³/mol. The number of hydrogen-bond donors (Lipinski definition) is 1. The lowest BCUT2D eigenvalue weighted by Crippen LogP contribution is -2.51. The van der Waals surface area contributed by atoms with Crippen molar-refractivity contribution in [2.45, 2.75) is 25.8 Å². The van der Waals surface area contributed by atoms with E-state index in [1.54, 1.807) is 12.0 Å². The third-order valence-corrected chi connectivity index (χ3v) is 4.80. The highest BCUT2D eigenvalue weighted by molar-refractivity contribution is 6.06. The SMILES string of the molecule is COCCOCC(=O)N1c2ccccc2CCC1C(=O)Nc1ccc(C)cc1. The van der Waals surface area contributed by atoms with E-state index < -0.39 is 6.04 Å². The van der Waals surface area contributed by atoms with E-state index in [4.69, 9.17) is 9.47 Å². The number of aryl methyl sites for hydroxylation is 2. The summed E-state index contributed by atoms with van der Waals surface area (Å²) >= 11 is 0. The fraction of sp³-hybridized carbons (Fsp3) is 0.364. The van der Waals surface area contributed by atoms with Gasteiger partial charge in [-0.3, -0.25) is 14.5 Å². The second-order valence-electron chi connectivity index (χ2n) is 6.85. The first-order chi connectivity index (χ1) is 13.6. The molecule has 1 aliphatic heterocycles. The smallest absolute Gasteiger partial charge is 0.253 e. The minimum atomic E-state index is -0.574. The zero-order chi connectivity index (χ0) is 19.9. The number of fused-ring (bicyclic) bond motifs is 1. The summed E-state index contributed by atoms with van der Waals surface area (Å²) in [5, 5.41) is 2.94. The van der Waals surface area contributed by atoms with Crippen LogP contribution in [-0.4, -0.2) is 44.8 Å². The van der Waals surface area contributed by atoms with Crippen molar-refractivity contribution in [2.75, 3.05) is 37.1 Å². The molecule has 2 aromatic rings. The lowest BCUT2D eigenvalue weighted by Gasteiger charge is -2.36. The highest BCUT2D eigenvalue weighted by Crippen LogP contribution is 2.31. The average molecular weight is 382 g/mol. The van der Waals surface area contributed by atoms with Crippen molar-refractivity contribution in [3.05, 3.63) is 59.7 Å². The molecule has 0 saturated carbocycles. The van der Waals surface area contributed by atoms with Crippen molar-refractivity contribution in [3.8, 4) is 0 Å². The summed E-state index contributed by atoms with van der Waals surface area (Å²) in [6.07, 6.45) is 1.31. The second kappa shape index (κ2) is 9.48.